The molecule has 2 aliphatic heterocycles. The van der Waals surface area contributed by atoms with E-state index in [1.165, 1.54) is 4.90 Å². The van der Waals surface area contributed by atoms with Gasteiger partial charge in [0, 0.05) is 4.75 Å². The van der Waals surface area contributed by atoms with Crippen molar-refractivity contribution in [2.24, 2.45) is 17.8 Å². The van der Waals surface area contributed by atoms with Gasteiger partial charge in [0.05, 0.1) is 10.6 Å². The molecule has 2 saturated heterocycles. The van der Waals surface area contributed by atoms with Gasteiger partial charge in [-0.05, 0) is 38.0 Å². The average molecular weight is 403 g/mol. The van der Waals surface area contributed by atoms with Gasteiger partial charge < -0.3 is 15.3 Å². The Morgan fingerprint density at radius 2 is 1.85 bits per heavy atom. The molecule has 7 atom stereocenters. The largest absolute Gasteiger partial charge is 0.480 e. The number of thiol groups is 1. The zero-order chi connectivity index (χ0) is 20.0. The summed E-state index contributed by atoms with van der Waals surface area (Å²) in [6.45, 7) is 11.7. The normalized spacial score (nSPS) is 37.7. The van der Waals surface area contributed by atoms with Crippen molar-refractivity contribution in [2.45, 2.75) is 75.4 Å². The first-order valence-electron chi connectivity index (χ1n) is 9.15. The lowest BCUT2D eigenvalue weighted by atomic mass is 9.82. The first-order valence-corrected chi connectivity index (χ1v) is 10.5. The molecule has 2 N–H and O–H groups in total. The van der Waals surface area contributed by atoms with Gasteiger partial charge in [-0.3, -0.25) is 9.59 Å². The van der Waals surface area contributed by atoms with Gasteiger partial charge in [0.15, 0.2) is 0 Å². The molecule has 7 unspecified atom stereocenters. The first-order chi connectivity index (χ1) is 11.9. The Balaban J connectivity index is 2.44. The summed E-state index contributed by atoms with van der Waals surface area (Å²) in [5, 5.41) is 12.0. The summed E-state index contributed by atoms with van der Waals surface area (Å²) in [5.74, 6) is -1.41. The molecule has 8 heteroatoms. The van der Waals surface area contributed by atoms with Crippen LogP contribution in [0, 0.1) is 17.8 Å². The van der Waals surface area contributed by atoms with Crippen molar-refractivity contribution in [1.82, 2.24) is 10.2 Å². The molecule has 0 aromatic rings. The Hall–Kier alpha value is -0.890. The second kappa shape index (κ2) is 7.62. The number of nitrogens with one attached hydrogen (secondary N) is 1. The molecule has 2 heterocycles. The minimum atomic E-state index is -1.00. The van der Waals surface area contributed by atoms with E-state index in [0.29, 0.717) is 6.42 Å². The maximum Gasteiger partial charge on any atom is 0.327 e. The van der Waals surface area contributed by atoms with E-state index >= 15 is 0 Å². The lowest BCUT2D eigenvalue weighted by Crippen LogP contribution is -2.58. The fourth-order valence-corrected chi connectivity index (χ4v) is 5.84. The zero-order valence-electron chi connectivity index (χ0n) is 16.2. The summed E-state index contributed by atoms with van der Waals surface area (Å²) < 4.78 is -0.592. The molecule has 2 fully saturated rings. The summed E-state index contributed by atoms with van der Waals surface area (Å²) in [6, 6.07) is -1.65. The summed E-state index contributed by atoms with van der Waals surface area (Å²) >= 11 is 5.82. The van der Waals surface area contributed by atoms with Crippen LogP contribution in [-0.4, -0.2) is 55.2 Å². The van der Waals surface area contributed by atoms with Crippen LogP contribution in [0.4, 0.5) is 0 Å². The minimum Gasteiger partial charge on any atom is -0.480 e. The number of carboxylic acids is 1. The van der Waals surface area contributed by atoms with E-state index in [1.807, 2.05) is 27.7 Å². The number of rotatable bonds is 4. The number of aliphatic carboxylic acids is 1. The van der Waals surface area contributed by atoms with Crippen molar-refractivity contribution in [3.63, 3.8) is 0 Å². The molecule has 0 radical (unpaired) electrons. The molecule has 0 aromatic heterocycles. The second-order valence-corrected chi connectivity index (χ2v) is 10.5. The standard InChI is InChI=1S/C18H30N2O4S2/c1-7-11(25)14(21)19-12-9(3)8(2)10(4)16-20(15(12)22)13(17(23)24)18(5,6)26-16/h8-13,16,25H,7H2,1-6H3,(H,19,21)(H,23,24). The maximum atomic E-state index is 13.4. The molecule has 0 bridgehead atoms. The van der Waals surface area contributed by atoms with Crippen molar-refractivity contribution in [3.8, 4) is 0 Å². The SMILES string of the molecule is CCC(S)C(=O)NC1C(=O)N2C(SC(C)(C)C2C(=O)O)C(C)C(C)C1C. The van der Waals surface area contributed by atoms with E-state index in [1.54, 1.807) is 11.8 Å². The summed E-state index contributed by atoms with van der Waals surface area (Å²) in [7, 11) is 0. The van der Waals surface area contributed by atoms with Gasteiger partial charge >= 0.3 is 5.97 Å². The summed E-state index contributed by atoms with van der Waals surface area (Å²) in [5.41, 5.74) is 0. The number of fused-ring (bicyclic) bond motifs is 1. The maximum absolute atomic E-state index is 13.4. The minimum absolute atomic E-state index is 0.0948. The number of amides is 2. The Morgan fingerprint density at radius 1 is 1.27 bits per heavy atom. The van der Waals surface area contributed by atoms with Crippen molar-refractivity contribution < 1.29 is 19.5 Å². The average Bonchev–Trinajstić information content (AvgIpc) is 2.84. The van der Waals surface area contributed by atoms with Crippen LogP contribution in [0.15, 0.2) is 0 Å². The fraction of sp³-hybridized carbons (Fsp3) is 0.833. The molecule has 6 nitrogen and oxygen atoms in total. The number of carbonyl (C=O) groups excluding carboxylic acids is 2. The van der Waals surface area contributed by atoms with Crippen LogP contribution in [0.5, 0.6) is 0 Å². The van der Waals surface area contributed by atoms with Gasteiger partial charge in [0.2, 0.25) is 11.8 Å². The van der Waals surface area contributed by atoms with E-state index in [-0.39, 0.29) is 34.9 Å². The van der Waals surface area contributed by atoms with Crippen LogP contribution < -0.4 is 5.32 Å². The van der Waals surface area contributed by atoms with E-state index in [0.717, 1.165) is 0 Å². The number of hydrogen-bond donors (Lipinski definition) is 3. The summed E-state index contributed by atoms with van der Waals surface area (Å²) in [4.78, 5) is 39.3. The predicted octanol–water partition coefficient (Wildman–Crippen LogP) is 2.23. The highest BCUT2D eigenvalue weighted by Gasteiger charge is 2.58. The molecule has 2 amide bonds. The molecule has 148 valence electrons. The zero-order valence-corrected chi connectivity index (χ0v) is 17.9. The third kappa shape index (κ3) is 3.59. The van der Waals surface area contributed by atoms with E-state index in [4.69, 9.17) is 0 Å². The van der Waals surface area contributed by atoms with Crippen LogP contribution in [0.1, 0.15) is 48.0 Å². The topological polar surface area (TPSA) is 86.7 Å². The lowest BCUT2D eigenvalue weighted by molar-refractivity contribution is -0.152. The monoisotopic (exact) mass is 402 g/mol. The van der Waals surface area contributed by atoms with Crippen LogP contribution >= 0.6 is 24.4 Å². The van der Waals surface area contributed by atoms with E-state index in [9.17, 15) is 19.5 Å². The molecule has 0 saturated carbocycles. The third-order valence-corrected chi connectivity index (χ3v) is 8.34. The van der Waals surface area contributed by atoms with Gasteiger partial charge in [-0.25, -0.2) is 4.79 Å². The Labute approximate surface area is 165 Å². The van der Waals surface area contributed by atoms with Gasteiger partial charge in [0.25, 0.3) is 0 Å². The first kappa shape index (κ1) is 21.4. The van der Waals surface area contributed by atoms with Crippen LogP contribution in [-0.2, 0) is 14.4 Å². The molecule has 0 spiro atoms. The second-order valence-electron chi connectivity index (χ2n) is 8.09. The summed E-state index contributed by atoms with van der Waals surface area (Å²) in [6.07, 6.45) is 0.559. The number of carbonyl (C=O) groups is 3. The smallest absolute Gasteiger partial charge is 0.327 e. The Kier molecular flexibility index (Phi) is 6.27. The van der Waals surface area contributed by atoms with Crippen LogP contribution in [0.2, 0.25) is 0 Å². The van der Waals surface area contributed by atoms with Crippen molar-refractivity contribution in [1.29, 1.82) is 0 Å². The predicted molar refractivity (Wildman–Crippen MR) is 106 cm³/mol. The highest BCUT2D eigenvalue weighted by atomic mass is 32.2. The van der Waals surface area contributed by atoms with E-state index in [2.05, 4.69) is 31.8 Å². The number of thioether (sulfide) groups is 1. The molecule has 2 aliphatic rings. The number of hydrogen-bond acceptors (Lipinski definition) is 5. The molecule has 2 rings (SSSR count). The fourth-order valence-electron chi connectivity index (χ4n) is 4.00. The van der Waals surface area contributed by atoms with Crippen LogP contribution in [0.3, 0.4) is 0 Å². The molecular formula is C18H30N2O4S2. The van der Waals surface area contributed by atoms with Crippen LogP contribution in [0.25, 0.3) is 0 Å². The molecular weight excluding hydrogens is 372 g/mol. The number of nitrogens with zero attached hydrogens (tertiary/aromatic N) is 1. The van der Waals surface area contributed by atoms with Gasteiger partial charge in [-0.1, -0.05) is 27.7 Å². The van der Waals surface area contributed by atoms with E-state index < -0.39 is 28.0 Å². The highest BCUT2D eigenvalue weighted by Crippen LogP contribution is 2.51. The Morgan fingerprint density at radius 3 is 2.35 bits per heavy atom. The van der Waals surface area contributed by atoms with Crippen molar-refractivity contribution in [2.75, 3.05) is 0 Å². The molecule has 0 aliphatic carbocycles. The lowest BCUT2D eigenvalue weighted by Gasteiger charge is -2.32. The third-order valence-electron chi connectivity index (χ3n) is 6.01. The quantitative estimate of drug-likeness (QED) is 0.628. The van der Waals surface area contributed by atoms with Crippen molar-refractivity contribution >= 4 is 42.2 Å². The highest BCUT2D eigenvalue weighted by molar-refractivity contribution is 8.01. The van der Waals surface area contributed by atoms with Crippen molar-refractivity contribution in [3.05, 3.63) is 0 Å². The van der Waals surface area contributed by atoms with Gasteiger partial charge in [-0.2, -0.15) is 12.6 Å². The Bertz CT molecular complexity index is 598. The van der Waals surface area contributed by atoms with Gasteiger partial charge in [-0.15, -0.1) is 11.8 Å². The number of carboxylic acid groups (broad SMARTS) is 1. The van der Waals surface area contributed by atoms with Gasteiger partial charge in [0.1, 0.15) is 12.1 Å². The molecule has 26 heavy (non-hydrogen) atoms. The molecule has 0 aromatic carbocycles.